The molecule has 0 aliphatic carbocycles. The molecular formula is C4H5ClF2O. The van der Waals surface area contributed by atoms with Crippen molar-refractivity contribution in [1.29, 1.82) is 0 Å². The van der Waals surface area contributed by atoms with Gasteiger partial charge in [0.15, 0.2) is 5.83 Å². The van der Waals surface area contributed by atoms with Crippen molar-refractivity contribution in [2.45, 2.75) is 12.3 Å². The highest BCUT2D eigenvalue weighted by Crippen LogP contribution is 2.13. The molecule has 0 fully saturated rings. The van der Waals surface area contributed by atoms with Gasteiger partial charge in [-0.1, -0.05) is 0 Å². The highest BCUT2D eigenvalue weighted by molar-refractivity contribution is 6.21. The summed E-state index contributed by atoms with van der Waals surface area (Å²) >= 11 is 4.99. The first-order valence-corrected chi connectivity index (χ1v) is 2.37. The fourth-order valence-corrected chi connectivity index (χ4v) is 0.254. The lowest BCUT2D eigenvalue weighted by atomic mass is 10.4. The Labute approximate surface area is 50.6 Å². The molecule has 0 amide bonds. The minimum atomic E-state index is -1.84. The topological polar surface area (TPSA) is 20.2 Å². The number of allylic oxidation sites excluding steroid dienone is 1. The van der Waals surface area contributed by atoms with Crippen LogP contribution in [0.15, 0.2) is 11.8 Å². The first kappa shape index (κ1) is 7.69. The maximum Gasteiger partial charge on any atom is 0.303 e. The lowest BCUT2D eigenvalue weighted by molar-refractivity contribution is 0.256. The lowest BCUT2D eigenvalue weighted by Gasteiger charge is -1.94. The first-order chi connectivity index (χ1) is 3.55. The summed E-state index contributed by atoms with van der Waals surface area (Å²) in [6.07, 6.45) is 0. The molecule has 0 saturated heterocycles. The monoisotopic (exact) mass is 142 g/mol. The number of hydrogen-bond acceptors (Lipinski definition) is 1. The maximum absolute atomic E-state index is 11.8. The van der Waals surface area contributed by atoms with Gasteiger partial charge in [0.25, 0.3) is 0 Å². The second-order valence-electron chi connectivity index (χ2n) is 1.25. The average molecular weight is 143 g/mol. The van der Waals surface area contributed by atoms with E-state index in [1.165, 1.54) is 6.92 Å². The normalized spacial score (nSPS) is 17.5. The van der Waals surface area contributed by atoms with E-state index in [4.69, 9.17) is 16.7 Å². The van der Waals surface area contributed by atoms with E-state index in [9.17, 15) is 8.78 Å². The molecule has 0 rings (SSSR count). The minimum Gasteiger partial charge on any atom is -0.484 e. The molecule has 0 aromatic rings. The van der Waals surface area contributed by atoms with Crippen LogP contribution in [0.5, 0.6) is 0 Å². The molecule has 0 aliphatic rings. The van der Waals surface area contributed by atoms with Crippen molar-refractivity contribution in [2.24, 2.45) is 0 Å². The molecule has 0 spiro atoms. The Morgan fingerprint density at radius 2 is 2.00 bits per heavy atom. The molecule has 1 nitrogen and oxygen atoms in total. The number of rotatable bonds is 1. The fraction of sp³-hybridized carbons (Fsp3) is 0.500. The summed E-state index contributed by atoms with van der Waals surface area (Å²) in [4.78, 5) is 0. The molecular weight excluding hydrogens is 137 g/mol. The summed E-state index contributed by atoms with van der Waals surface area (Å²) in [5, 5.41) is 6.65. The Hall–Kier alpha value is -0.310. The molecule has 0 bridgehead atoms. The number of aliphatic hydroxyl groups excluding tert-OH is 1. The van der Waals surface area contributed by atoms with Crippen LogP contribution in [0.4, 0.5) is 8.78 Å². The molecule has 4 heteroatoms. The smallest absolute Gasteiger partial charge is 0.303 e. The highest BCUT2D eigenvalue weighted by Gasteiger charge is 2.09. The maximum atomic E-state index is 11.8. The van der Waals surface area contributed by atoms with Crippen molar-refractivity contribution in [3.05, 3.63) is 11.8 Å². The van der Waals surface area contributed by atoms with Crippen molar-refractivity contribution in [2.75, 3.05) is 0 Å². The van der Waals surface area contributed by atoms with Crippen molar-refractivity contribution >= 4 is 11.6 Å². The quantitative estimate of drug-likeness (QED) is 0.440. The Bertz CT molecular complexity index is 107. The second kappa shape index (κ2) is 2.87. The summed E-state index contributed by atoms with van der Waals surface area (Å²) in [6.45, 7) is 1.21. The van der Waals surface area contributed by atoms with Gasteiger partial charge in [-0.3, -0.25) is 0 Å². The van der Waals surface area contributed by atoms with Gasteiger partial charge in [0.1, 0.15) is 0 Å². The van der Waals surface area contributed by atoms with Crippen LogP contribution in [0.2, 0.25) is 0 Å². The van der Waals surface area contributed by atoms with Gasteiger partial charge in [-0.15, -0.1) is 11.6 Å². The SMILES string of the molecule is CC(Cl)/C(F)=C(/O)F. The highest BCUT2D eigenvalue weighted by atomic mass is 35.5. The molecule has 8 heavy (non-hydrogen) atoms. The van der Waals surface area contributed by atoms with E-state index in [1.54, 1.807) is 0 Å². The van der Waals surface area contributed by atoms with Gasteiger partial charge in [-0.05, 0) is 6.92 Å². The van der Waals surface area contributed by atoms with Crippen molar-refractivity contribution in [3.8, 4) is 0 Å². The molecule has 0 radical (unpaired) electrons. The van der Waals surface area contributed by atoms with Crippen LogP contribution in [-0.4, -0.2) is 10.5 Å². The zero-order chi connectivity index (χ0) is 6.73. The van der Waals surface area contributed by atoms with Crippen LogP contribution in [0, 0.1) is 0 Å². The lowest BCUT2D eigenvalue weighted by Crippen LogP contribution is -1.92. The van der Waals surface area contributed by atoms with Crippen LogP contribution >= 0.6 is 11.6 Å². The van der Waals surface area contributed by atoms with Crippen LogP contribution in [0.3, 0.4) is 0 Å². The molecule has 0 heterocycles. The Kier molecular flexibility index (Phi) is 2.76. The van der Waals surface area contributed by atoms with Crippen molar-refractivity contribution in [1.82, 2.24) is 0 Å². The second-order valence-corrected chi connectivity index (χ2v) is 1.91. The zero-order valence-electron chi connectivity index (χ0n) is 4.16. The molecule has 0 aliphatic heterocycles. The molecule has 1 unspecified atom stereocenters. The number of hydrogen-bond donors (Lipinski definition) is 1. The number of halogens is 3. The van der Waals surface area contributed by atoms with Crippen molar-refractivity contribution in [3.63, 3.8) is 0 Å². The van der Waals surface area contributed by atoms with Gasteiger partial charge in [0.2, 0.25) is 0 Å². The fourth-order valence-electron chi connectivity index (χ4n) is 0.164. The first-order valence-electron chi connectivity index (χ1n) is 1.94. The standard InChI is InChI=1S/C4H5ClF2O/c1-2(5)3(6)4(7)8/h2,8H,1H3/b4-3-. The molecule has 0 aromatic heterocycles. The summed E-state index contributed by atoms with van der Waals surface area (Å²) in [7, 11) is 0. The van der Waals surface area contributed by atoms with Crippen LogP contribution < -0.4 is 0 Å². The molecule has 0 aromatic carbocycles. The Morgan fingerprint density at radius 3 is 2.00 bits per heavy atom. The molecule has 0 saturated carbocycles. The molecule has 48 valence electrons. The molecule has 1 N–H and O–H groups in total. The average Bonchev–Trinajstić information content (AvgIpc) is 1.64. The number of alkyl halides is 1. The summed E-state index contributed by atoms with van der Waals surface area (Å²) in [5.41, 5.74) is 0. The third kappa shape index (κ3) is 2.12. The van der Waals surface area contributed by atoms with Gasteiger partial charge in [0.05, 0.1) is 5.38 Å². The van der Waals surface area contributed by atoms with E-state index in [0.29, 0.717) is 0 Å². The van der Waals surface area contributed by atoms with Gasteiger partial charge < -0.3 is 5.11 Å². The van der Waals surface area contributed by atoms with Crippen LogP contribution in [0.25, 0.3) is 0 Å². The van der Waals surface area contributed by atoms with E-state index in [2.05, 4.69) is 0 Å². The largest absolute Gasteiger partial charge is 0.484 e. The van der Waals surface area contributed by atoms with E-state index >= 15 is 0 Å². The summed E-state index contributed by atoms with van der Waals surface area (Å²) in [5.74, 6) is -1.33. The van der Waals surface area contributed by atoms with E-state index in [-0.39, 0.29) is 0 Å². The van der Waals surface area contributed by atoms with E-state index in [1.807, 2.05) is 0 Å². The predicted octanol–water partition coefficient (Wildman–Crippen LogP) is 2.28. The van der Waals surface area contributed by atoms with Gasteiger partial charge in [-0.25, -0.2) is 4.39 Å². The predicted molar refractivity (Wildman–Crippen MR) is 27.2 cm³/mol. The third-order valence-corrected chi connectivity index (χ3v) is 0.738. The van der Waals surface area contributed by atoms with E-state index in [0.717, 1.165) is 0 Å². The minimum absolute atomic E-state index is 1.10. The van der Waals surface area contributed by atoms with Gasteiger partial charge in [-0.2, -0.15) is 4.39 Å². The van der Waals surface area contributed by atoms with Crippen LogP contribution in [0.1, 0.15) is 6.92 Å². The van der Waals surface area contributed by atoms with Gasteiger partial charge in [0, 0.05) is 0 Å². The Morgan fingerprint density at radius 1 is 1.62 bits per heavy atom. The number of aliphatic hydroxyl groups is 1. The molecule has 1 atom stereocenters. The zero-order valence-corrected chi connectivity index (χ0v) is 4.91. The Balaban J connectivity index is 4.00. The third-order valence-electron chi connectivity index (χ3n) is 0.546. The van der Waals surface area contributed by atoms with E-state index < -0.39 is 17.2 Å². The van der Waals surface area contributed by atoms with Crippen molar-refractivity contribution < 1.29 is 13.9 Å². The van der Waals surface area contributed by atoms with Gasteiger partial charge >= 0.3 is 6.01 Å². The summed E-state index contributed by atoms with van der Waals surface area (Å²) < 4.78 is 23.1. The summed E-state index contributed by atoms with van der Waals surface area (Å²) in [6, 6.07) is -1.84. The van der Waals surface area contributed by atoms with Crippen LogP contribution in [-0.2, 0) is 0 Å².